The van der Waals surface area contributed by atoms with Gasteiger partial charge in [-0.05, 0) is 26.7 Å². The van der Waals surface area contributed by atoms with E-state index in [1.54, 1.807) is 13.8 Å². The molecule has 0 saturated carbocycles. The highest BCUT2D eigenvalue weighted by molar-refractivity contribution is 7.89. The van der Waals surface area contributed by atoms with Crippen molar-refractivity contribution in [3.05, 3.63) is 11.5 Å². The lowest BCUT2D eigenvalue weighted by Gasteiger charge is -2.04. The molecule has 7 heteroatoms. The third-order valence-corrected chi connectivity index (χ3v) is 4.06. The highest BCUT2D eigenvalue weighted by atomic mass is 35.5. The molecule has 1 aromatic heterocycles. The van der Waals surface area contributed by atoms with Crippen molar-refractivity contribution >= 4 is 21.6 Å². The summed E-state index contributed by atoms with van der Waals surface area (Å²) in [5, 5.41) is 3.61. The lowest BCUT2D eigenvalue weighted by molar-refractivity contribution is 0.390. The van der Waals surface area contributed by atoms with Gasteiger partial charge in [0.15, 0.2) is 5.76 Å². The van der Waals surface area contributed by atoms with Crippen LogP contribution in [0.4, 0.5) is 0 Å². The Balaban J connectivity index is 2.71. The van der Waals surface area contributed by atoms with E-state index in [0.29, 0.717) is 30.3 Å². The molecule has 5 nitrogen and oxygen atoms in total. The van der Waals surface area contributed by atoms with Crippen LogP contribution in [0, 0.1) is 13.8 Å². The molecular weight excluding hydrogens is 252 g/mol. The quantitative estimate of drug-likeness (QED) is 0.627. The normalized spacial score (nSPS) is 11.9. The van der Waals surface area contributed by atoms with Crippen molar-refractivity contribution in [1.82, 2.24) is 9.88 Å². The highest BCUT2D eigenvalue weighted by Crippen LogP contribution is 2.18. The molecule has 0 atom stereocenters. The van der Waals surface area contributed by atoms with Crippen LogP contribution in [0.5, 0.6) is 0 Å². The zero-order valence-electron chi connectivity index (χ0n) is 9.29. The average Bonchev–Trinajstić information content (AvgIpc) is 2.54. The van der Waals surface area contributed by atoms with Crippen LogP contribution in [0.3, 0.4) is 0 Å². The maximum atomic E-state index is 11.9. The SMILES string of the molecule is Cc1noc(C)c1S(=O)(=O)NCCCCCl. The molecule has 0 saturated heterocycles. The van der Waals surface area contributed by atoms with Crippen LogP contribution < -0.4 is 4.72 Å². The Kier molecular flexibility index (Phi) is 4.76. The van der Waals surface area contributed by atoms with Crippen molar-refractivity contribution in [2.45, 2.75) is 31.6 Å². The number of alkyl halides is 1. The van der Waals surface area contributed by atoms with Crippen LogP contribution >= 0.6 is 11.6 Å². The molecule has 1 rings (SSSR count). The lowest BCUT2D eigenvalue weighted by atomic mass is 10.3. The minimum Gasteiger partial charge on any atom is -0.360 e. The van der Waals surface area contributed by atoms with E-state index in [9.17, 15) is 8.42 Å². The zero-order chi connectivity index (χ0) is 12.2. The van der Waals surface area contributed by atoms with Gasteiger partial charge in [0.05, 0.1) is 0 Å². The molecule has 1 N–H and O–H groups in total. The topological polar surface area (TPSA) is 72.2 Å². The number of nitrogens with one attached hydrogen (secondary N) is 1. The molecule has 1 aromatic rings. The van der Waals surface area contributed by atoms with Gasteiger partial charge in [-0.2, -0.15) is 0 Å². The smallest absolute Gasteiger partial charge is 0.245 e. The van der Waals surface area contributed by atoms with Crippen molar-refractivity contribution in [2.75, 3.05) is 12.4 Å². The molecule has 92 valence electrons. The van der Waals surface area contributed by atoms with Crippen molar-refractivity contribution in [3.63, 3.8) is 0 Å². The number of sulfonamides is 1. The number of hydrogen-bond acceptors (Lipinski definition) is 4. The van der Waals surface area contributed by atoms with Crippen molar-refractivity contribution < 1.29 is 12.9 Å². The molecule has 0 aromatic carbocycles. The summed E-state index contributed by atoms with van der Waals surface area (Å²) in [5.74, 6) is 0.842. The number of hydrogen-bond donors (Lipinski definition) is 1. The monoisotopic (exact) mass is 266 g/mol. The molecule has 0 fully saturated rings. The number of aromatic nitrogens is 1. The van der Waals surface area contributed by atoms with Crippen LogP contribution in [-0.2, 0) is 10.0 Å². The Hall–Kier alpha value is -0.590. The molecule has 0 aliphatic heterocycles. The van der Waals surface area contributed by atoms with Gasteiger partial charge in [-0.1, -0.05) is 5.16 Å². The number of nitrogens with zero attached hydrogens (tertiary/aromatic N) is 1. The summed E-state index contributed by atoms with van der Waals surface area (Å²) in [6.07, 6.45) is 1.50. The Labute approximate surface area is 100 Å². The first-order valence-electron chi connectivity index (χ1n) is 4.97. The van der Waals surface area contributed by atoms with E-state index in [2.05, 4.69) is 9.88 Å². The molecule has 0 spiro atoms. The van der Waals surface area contributed by atoms with Crippen LogP contribution in [-0.4, -0.2) is 26.0 Å². The van der Waals surface area contributed by atoms with Gasteiger partial charge in [0.2, 0.25) is 10.0 Å². The Morgan fingerprint density at radius 3 is 2.56 bits per heavy atom. The second-order valence-electron chi connectivity index (χ2n) is 3.45. The third kappa shape index (κ3) is 3.20. The van der Waals surface area contributed by atoms with Gasteiger partial charge in [0.25, 0.3) is 0 Å². The number of aryl methyl sites for hydroxylation is 2. The fourth-order valence-electron chi connectivity index (χ4n) is 1.36. The second kappa shape index (κ2) is 5.65. The summed E-state index contributed by atoms with van der Waals surface area (Å²) in [5.41, 5.74) is 0.377. The fraction of sp³-hybridized carbons (Fsp3) is 0.667. The minimum atomic E-state index is -3.51. The van der Waals surface area contributed by atoms with Crippen molar-refractivity contribution in [2.24, 2.45) is 0 Å². The van der Waals surface area contributed by atoms with Crippen LogP contribution in [0.25, 0.3) is 0 Å². The van der Waals surface area contributed by atoms with Crippen LogP contribution in [0.2, 0.25) is 0 Å². The first kappa shape index (κ1) is 13.5. The van der Waals surface area contributed by atoms with E-state index in [-0.39, 0.29) is 4.90 Å². The van der Waals surface area contributed by atoms with Crippen LogP contribution in [0.15, 0.2) is 9.42 Å². The molecule has 0 aliphatic rings. The highest BCUT2D eigenvalue weighted by Gasteiger charge is 2.23. The standard InChI is InChI=1S/C9H15ClN2O3S/c1-7-9(8(2)15-12-7)16(13,14)11-6-4-3-5-10/h11H,3-6H2,1-2H3. The van der Waals surface area contributed by atoms with Crippen molar-refractivity contribution in [1.29, 1.82) is 0 Å². The summed E-state index contributed by atoms with van der Waals surface area (Å²) >= 11 is 5.50. The molecule has 0 amide bonds. The molecule has 1 heterocycles. The van der Waals surface area contributed by atoms with E-state index in [1.807, 2.05) is 0 Å². The maximum Gasteiger partial charge on any atom is 0.245 e. The largest absolute Gasteiger partial charge is 0.360 e. The van der Waals surface area contributed by atoms with E-state index in [4.69, 9.17) is 16.1 Å². The summed E-state index contributed by atoms with van der Waals surface area (Å²) in [7, 11) is -3.51. The van der Waals surface area contributed by atoms with E-state index in [1.165, 1.54) is 0 Å². The Morgan fingerprint density at radius 1 is 1.38 bits per heavy atom. The van der Waals surface area contributed by atoms with Gasteiger partial charge in [-0.3, -0.25) is 0 Å². The lowest BCUT2D eigenvalue weighted by Crippen LogP contribution is -2.25. The minimum absolute atomic E-state index is 0.137. The molecule has 0 unspecified atom stereocenters. The predicted molar refractivity (Wildman–Crippen MR) is 61.1 cm³/mol. The Bertz CT molecular complexity index is 422. The maximum absolute atomic E-state index is 11.9. The fourth-order valence-corrected chi connectivity index (χ4v) is 2.94. The van der Waals surface area contributed by atoms with Crippen LogP contribution in [0.1, 0.15) is 24.3 Å². The molecule has 0 bridgehead atoms. The van der Waals surface area contributed by atoms with E-state index in [0.717, 1.165) is 6.42 Å². The van der Waals surface area contributed by atoms with Gasteiger partial charge in [-0.25, -0.2) is 13.1 Å². The number of unbranched alkanes of at least 4 members (excludes halogenated alkanes) is 1. The second-order valence-corrected chi connectivity index (χ2v) is 5.53. The molecule has 0 radical (unpaired) electrons. The zero-order valence-corrected chi connectivity index (χ0v) is 10.9. The first-order chi connectivity index (χ1) is 7.49. The van der Waals surface area contributed by atoms with Gasteiger partial charge in [-0.15, -0.1) is 11.6 Å². The average molecular weight is 267 g/mol. The van der Waals surface area contributed by atoms with Gasteiger partial charge in [0.1, 0.15) is 10.6 Å². The predicted octanol–water partition coefficient (Wildman–Crippen LogP) is 1.59. The van der Waals surface area contributed by atoms with Gasteiger partial charge >= 0.3 is 0 Å². The summed E-state index contributed by atoms with van der Waals surface area (Å²) in [4.78, 5) is 0.137. The molecule has 16 heavy (non-hydrogen) atoms. The number of halogens is 1. The van der Waals surface area contributed by atoms with E-state index >= 15 is 0 Å². The van der Waals surface area contributed by atoms with Crippen molar-refractivity contribution in [3.8, 4) is 0 Å². The number of rotatable bonds is 6. The molecular formula is C9H15ClN2O3S. The van der Waals surface area contributed by atoms with Gasteiger partial charge in [0, 0.05) is 12.4 Å². The summed E-state index contributed by atoms with van der Waals surface area (Å²) in [6, 6.07) is 0. The van der Waals surface area contributed by atoms with E-state index < -0.39 is 10.0 Å². The Morgan fingerprint density at radius 2 is 2.06 bits per heavy atom. The first-order valence-corrected chi connectivity index (χ1v) is 6.99. The van der Waals surface area contributed by atoms with Gasteiger partial charge < -0.3 is 4.52 Å². The molecule has 0 aliphatic carbocycles. The third-order valence-electron chi connectivity index (χ3n) is 2.09. The summed E-state index contributed by atoms with van der Waals surface area (Å²) < 4.78 is 31.0. The summed E-state index contributed by atoms with van der Waals surface area (Å²) in [6.45, 7) is 3.55.